The standard InChI is InChI=1S/C3H6NO4S/c4-2(3(5)6)1-9(7)8/h2H,1,4H2,(H,5,6)/t2-/m0/s1. The average Bonchev–Trinajstić information content (AvgIpc) is 1.63. The molecule has 0 unspecified atom stereocenters. The summed E-state index contributed by atoms with van der Waals surface area (Å²) in [5.74, 6) is -1.84. The summed E-state index contributed by atoms with van der Waals surface area (Å²) in [5, 5.41) is 8.03. The van der Waals surface area contributed by atoms with Gasteiger partial charge in [-0.15, -0.1) is 0 Å². The molecule has 0 fully saturated rings. The van der Waals surface area contributed by atoms with E-state index in [0.29, 0.717) is 0 Å². The largest absolute Gasteiger partial charge is 0.480 e. The molecule has 3 N–H and O–H groups in total. The summed E-state index contributed by atoms with van der Waals surface area (Å²) < 4.78 is 19.5. The quantitative estimate of drug-likeness (QED) is 0.501. The summed E-state index contributed by atoms with van der Waals surface area (Å²) in [7, 11) is -2.37. The highest BCUT2D eigenvalue weighted by atomic mass is 32.2. The van der Waals surface area contributed by atoms with Gasteiger partial charge in [0.05, 0.1) is 0 Å². The molecule has 0 saturated carbocycles. The Morgan fingerprint density at radius 3 is 2.22 bits per heavy atom. The van der Waals surface area contributed by atoms with Crippen molar-refractivity contribution in [3.63, 3.8) is 0 Å². The summed E-state index contributed by atoms with van der Waals surface area (Å²) in [6.07, 6.45) is 0. The first-order chi connectivity index (χ1) is 4.04. The molecule has 0 spiro atoms. The Kier molecular flexibility index (Phi) is 3.03. The van der Waals surface area contributed by atoms with Crippen molar-refractivity contribution in [2.45, 2.75) is 6.04 Å². The van der Waals surface area contributed by atoms with Crippen LogP contribution in [0.3, 0.4) is 0 Å². The van der Waals surface area contributed by atoms with Crippen molar-refractivity contribution >= 4 is 16.7 Å². The molecule has 9 heavy (non-hydrogen) atoms. The molecule has 0 aliphatic carbocycles. The monoisotopic (exact) mass is 152 g/mol. The third-order valence-corrected chi connectivity index (χ3v) is 1.26. The summed E-state index contributed by atoms with van der Waals surface area (Å²) in [5.41, 5.74) is 4.82. The number of carboxylic acids is 1. The van der Waals surface area contributed by atoms with E-state index in [0.717, 1.165) is 0 Å². The van der Waals surface area contributed by atoms with E-state index in [1.54, 1.807) is 0 Å². The summed E-state index contributed by atoms with van der Waals surface area (Å²) in [6.45, 7) is 0. The number of carbonyl (C=O) groups is 1. The van der Waals surface area contributed by atoms with Gasteiger partial charge in [-0.25, -0.2) is 0 Å². The maximum Gasteiger partial charge on any atom is 0.321 e. The predicted octanol–water partition coefficient (Wildman–Crippen LogP) is -1.72. The van der Waals surface area contributed by atoms with E-state index in [1.807, 2.05) is 0 Å². The van der Waals surface area contributed by atoms with Gasteiger partial charge < -0.3 is 10.8 Å². The van der Waals surface area contributed by atoms with E-state index in [-0.39, 0.29) is 0 Å². The van der Waals surface area contributed by atoms with Crippen LogP contribution < -0.4 is 5.73 Å². The fraction of sp³-hybridized carbons (Fsp3) is 0.667. The van der Waals surface area contributed by atoms with Gasteiger partial charge in [0, 0.05) is 0 Å². The Balaban J connectivity index is 3.77. The normalized spacial score (nSPS) is 12.6. The number of nitrogens with two attached hydrogens (primary N) is 1. The van der Waals surface area contributed by atoms with Crippen LogP contribution in [0, 0.1) is 0 Å². The molecule has 1 radical (unpaired) electrons. The van der Waals surface area contributed by atoms with Gasteiger partial charge in [0.2, 0.25) is 0 Å². The molecule has 0 aromatic carbocycles. The van der Waals surface area contributed by atoms with Crippen LogP contribution in [0.4, 0.5) is 0 Å². The topological polar surface area (TPSA) is 97.5 Å². The van der Waals surface area contributed by atoms with E-state index < -0.39 is 28.5 Å². The second-order valence-electron chi connectivity index (χ2n) is 1.42. The van der Waals surface area contributed by atoms with Crippen LogP contribution in [-0.4, -0.2) is 31.3 Å². The predicted molar refractivity (Wildman–Crippen MR) is 29.4 cm³/mol. The average molecular weight is 152 g/mol. The van der Waals surface area contributed by atoms with Crippen molar-refractivity contribution in [1.29, 1.82) is 0 Å². The lowest BCUT2D eigenvalue weighted by atomic mass is 10.4. The first kappa shape index (κ1) is 8.25. The molecule has 0 aromatic rings. The highest BCUT2D eigenvalue weighted by Gasteiger charge is 2.12. The second-order valence-corrected chi connectivity index (χ2v) is 2.36. The molecule has 0 aliphatic heterocycles. The maximum absolute atomic E-state index is 9.84. The lowest BCUT2D eigenvalue weighted by molar-refractivity contribution is -0.137. The lowest BCUT2D eigenvalue weighted by Gasteiger charge is -1.96. The highest BCUT2D eigenvalue weighted by Crippen LogP contribution is 1.77. The van der Waals surface area contributed by atoms with Gasteiger partial charge in [-0.05, 0) is 0 Å². The Morgan fingerprint density at radius 1 is 1.67 bits per heavy atom. The third-order valence-electron chi connectivity index (χ3n) is 0.633. The van der Waals surface area contributed by atoms with E-state index in [4.69, 9.17) is 10.8 Å². The summed E-state index contributed by atoms with van der Waals surface area (Å²) in [6, 6.07) is -1.30. The fourth-order valence-electron chi connectivity index (χ4n) is 0.218. The smallest absolute Gasteiger partial charge is 0.321 e. The first-order valence-electron chi connectivity index (χ1n) is 2.08. The van der Waals surface area contributed by atoms with E-state index >= 15 is 0 Å². The molecule has 6 heteroatoms. The Labute approximate surface area is 53.4 Å². The molecule has 0 amide bonds. The molecule has 0 aliphatic rings. The molecule has 1 atom stereocenters. The van der Waals surface area contributed by atoms with Crippen LogP contribution in [-0.2, 0) is 15.5 Å². The molecule has 0 aromatic heterocycles. The zero-order valence-electron chi connectivity index (χ0n) is 4.44. The summed E-state index contributed by atoms with van der Waals surface area (Å²) in [4.78, 5) is 9.84. The minimum atomic E-state index is -2.37. The Hall–Kier alpha value is -0.750. The second kappa shape index (κ2) is 3.31. The Bertz CT molecular complexity index is 167. The number of aliphatic carboxylic acids is 1. The van der Waals surface area contributed by atoms with Crippen LogP contribution in [0.5, 0.6) is 0 Å². The molecule has 0 bridgehead atoms. The maximum atomic E-state index is 9.84. The van der Waals surface area contributed by atoms with Gasteiger partial charge >= 0.3 is 5.97 Å². The molecule has 0 rings (SSSR count). The van der Waals surface area contributed by atoms with Crippen LogP contribution in [0.2, 0.25) is 0 Å². The SMILES string of the molecule is N[C@@H](C[S](=O)=O)C(=O)O. The van der Waals surface area contributed by atoms with Crippen LogP contribution in [0.15, 0.2) is 0 Å². The third kappa shape index (κ3) is 3.80. The zero-order valence-corrected chi connectivity index (χ0v) is 5.26. The van der Waals surface area contributed by atoms with Crippen molar-refractivity contribution < 1.29 is 18.3 Å². The molecule has 5 nitrogen and oxygen atoms in total. The number of carboxylic acid groups (broad SMARTS) is 1. The number of rotatable bonds is 3. The molecular weight excluding hydrogens is 146 g/mol. The number of hydrogen-bond acceptors (Lipinski definition) is 4. The van der Waals surface area contributed by atoms with Crippen LogP contribution in [0.25, 0.3) is 0 Å². The highest BCUT2D eigenvalue weighted by molar-refractivity contribution is 7.72. The van der Waals surface area contributed by atoms with Gasteiger partial charge in [0.1, 0.15) is 11.8 Å². The van der Waals surface area contributed by atoms with Gasteiger partial charge in [-0.3, -0.25) is 4.79 Å². The molecule has 53 valence electrons. The van der Waals surface area contributed by atoms with Crippen molar-refractivity contribution in [1.82, 2.24) is 0 Å². The summed E-state index contributed by atoms with van der Waals surface area (Å²) >= 11 is 0. The minimum absolute atomic E-state index is 0.532. The number of hydrogen-bond donors (Lipinski definition) is 2. The van der Waals surface area contributed by atoms with Crippen LogP contribution >= 0.6 is 0 Å². The van der Waals surface area contributed by atoms with Gasteiger partial charge in [-0.1, -0.05) is 0 Å². The minimum Gasteiger partial charge on any atom is -0.480 e. The first-order valence-corrected chi connectivity index (χ1v) is 3.32. The Morgan fingerprint density at radius 2 is 2.11 bits per heavy atom. The molecule has 0 saturated heterocycles. The zero-order chi connectivity index (χ0) is 7.44. The van der Waals surface area contributed by atoms with E-state index in [2.05, 4.69) is 0 Å². The van der Waals surface area contributed by atoms with Gasteiger partial charge in [0.15, 0.2) is 10.7 Å². The van der Waals surface area contributed by atoms with Crippen molar-refractivity contribution in [2.75, 3.05) is 5.75 Å². The van der Waals surface area contributed by atoms with Crippen molar-refractivity contribution in [3.8, 4) is 0 Å². The van der Waals surface area contributed by atoms with Crippen LogP contribution in [0.1, 0.15) is 0 Å². The van der Waals surface area contributed by atoms with Crippen molar-refractivity contribution in [3.05, 3.63) is 0 Å². The molecular formula is C3H6NO4S. The fourth-order valence-corrected chi connectivity index (χ4v) is 0.654. The van der Waals surface area contributed by atoms with Crippen molar-refractivity contribution in [2.24, 2.45) is 5.73 Å². The van der Waals surface area contributed by atoms with Gasteiger partial charge in [0.25, 0.3) is 0 Å². The van der Waals surface area contributed by atoms with Gasteiger partial charge in [-0.2, -0.15) is 8.42 Å². The molecule has 0 heterocycles. The van der Waals surface area contributed by atoms with E-state index in [9.17, 15) is 13.2 Å². The van der Waals surface area contributed by atoms with E-state index in [1.165, 1.54) is 0 Å². The lowest BCUT2D eigenvalue weighted by Crippen LogP contribution is -2.34.